The highest BCUT2D eigenvalue weighted by Gasteiger charge is 2.39. The fourth-order valence-electron chi connectivity index (χ4n) is 2.19. The van der Waals surface area contributed by atoms with Crippen LogP contribution in [0.3, 0.4) is 0 Å². The molecule has 8 heteroatoms. The van der Waals surface area contributed by atoms with Crippen molar-refractivity contribution in [3.05, 3.63) is 0 Å². The van der Waals surface area contributed by atoms with E-state index in [4.69, 9.17) is 27.5 Å². The Morgan fingerprint density at radius 2 is 1.42 bits per heavy atom. The molecule has 7 nitrogen and oxygen atoms in total. The van der Waals surface area contributed by atoms with E-state index in [1.54, 1.807) is 6.92 Å². The van der Waals surface area contributed by atoms with Crippen molar-refractivity contribution in [1.29, 1.82) is 0 Å². The van der Waals surface area contributed by atoms with E-state index in [-0.39, 0.29) is 19.5 Å². The number of hydrogen-bond acceptors (Lipinski definition) is 7. The first kappa shape index (κ1) is 23.9. The minimum Gasteiger partial charge on any atom is -0.388 e. The number of rotatable bonds is 17. The predicted molar refractivity (Wildman–Crippen MR) is 93.9 cm³/mol. The van der Waals surface area contributed by atoms with Crippen molar-refractivity contribution in [3.8, 4) is 0 Å². The highest BCUT2D eigenvalue weighted by molar-refractivity contribution is 6.60. The fourth-order valence-corrected chi connectivity index (χ4v) is 4.77. The summed E-state index contributed by atoms with van der Waals surface area (Å²) in [5, 5.41) is 9.81. The van der Waals surface area contributed by atoms with E-state index in [2.05, 4.69) is 0 Å². The van der Waals surface area contributed by atoms with Crippen LogP contribution in [0.25, 0.3) is 0 Å². The Hall–Kier alpha value is -0.0631. The van der Waals surface area contributed by atoms with Crippen molar-refractivity contribution in [2.45, 2.75) is 59.5 Å². The van der Waals surface area contributed by atoms with E-state index >= 15 is 0 Å². The molecule has 146 valence electrons. The van der Waals surface area contributed by atoms with E-state index in [0.717, 1.165) is 6.42 Å². The number of aliphatic hydroxyl groups excluding tert-OH is 1. The van der Waals surface area contributed by atoms with Gasteiger partial charge < -0.3 is 32.6 Å². The number of hydrogen-bond donors (Lipinski definition) is 1. The summed E-state index contributed by atoms with van der Waals surface area (Å²) < 4.78 is 33.4. The molecule has 0 aliphatic heterocycles. The third kappa shape index (κ3) is 11.5. The molecule has 0 aliphatic rings. The molecule has 0 saturated carbocycles. The van der Waals surface area contributed by atoms with Gasteiger partial charge in [-0.2, -0.15) is 0 Å². The standard InChI is InChI=1S/C16H36O7Si/c1-6-19-15(5)20-14-16(17)13-18-11-10-12-24(21-7-2,22-8-3)23-9-4/h15-17H,6-14H2,1-5H3. The Balaban J connectivity index is 3.95. The molecule has 0 amide bonds. The molecule has 0 bridgehead atoms. The average Bonchev–Trinajstić information content (AvgIpc) is 2.53. The Morgan fingerprint density at radius 1 is 0.833 bits per heavy atom. The van der Waals surface area contributed by atoms with Crippen LogP contribution in [0.2, 0.25) is 6.04 Å². The molecule has 24 heavy (non-hydrogen) atoms. The second-order valence-corrected chi connectivity index (χ2v) is 7.90. The molecule has 0 fully saturated rings. The topological polar surface area (TPSA) is 75.6 Å². The summed E-state index contributed by atoms with van der Waals surface area (Å²) in [4.78, 5) is 0. The van der Waals surface area contributed by atoms with Crippen molar-refractivity contribution >= 4 is 8.80 Å². The molecule has 1 N–H and O–H groups in total. The zero-order chi connectivity index (χ0) is 18.3. The van der Waals surface area contributed by atoms with Gasteiger partial charge in [-0.15, -0.1) is 0 Å². The zero-order valence-electron chi connectivity index (χ0n) is 15.9. The molecule has 0 saturated heterocycles. The van der Waals surface area contributed by atoms with Gasteiger partial charge in [-0.1, -0.05) is 0 Å². The Bertz CT molecular complexity index is 264. The molecule has 2 unspecified atom stereocenters. The van der Waals surface area contributed by atoms with Crippen molar-refractivity contribution in [2.24, 2.45) is 0 Å². The molecule has 0 aromatic heterocycles. The lowest BCUT2D eigenvalue weighted by Crippen LogP contribution is -2.46. The van der Waals surface area contributed by atoms with Crippen LogP contribution in [-0.2, 0) is 27.5 Å². The molecule has 0 heterocycles. The average molecular weight is 369 g/mol. The Labute approximate surface area is 147 Å². The minimum absolute atomic E-state index is 0.191. The molecule has 2 atom stereocenters. The smallest absolute Gasteiger partial charge is 0.388 e. The molecule has 0 aliphatic carbocycles. The van der Waals surface area contributed by atoms with Gasteiger partial charge in [0.2, 0.25) is 0 Å². The Kier molecular flexibility index (Phi) is 15.2. The third-order valence-corrected chi connectivity index (χ3v) is 6.25. The van der Waals surface area contributed by atoms with Crippen LogP contribution in [0.4, 0.5) is 0 Å². The van der Waals surface area contributed by atoms with Gasteiger partial charge in [-0.25, -0.2) is 0 Å². The van der Waals surface area contributed by atoms with Crippen LogP contribution in [0.1, 0.15) is 41.0 Å². The monoisotopic (exact) mass is 368 g/mol. The number of aliphatic hydroxyl groups is 1. The SMILES string of the molecule is CCOC(C)OCC(O)COCCC[Si](OCC)(OCC)OCC. The first-order valence-corrected chi connectivity index (χ1v) is 10.9. The van der Waals surface area contributed by atoms with E-state index in [0.29, 0.717) is 39.1 Å². The van der Waals surface area contributed by atoms with E-state index in [9.17, 15) is 5.11 Å². The zero-order valence-corrected chi connectivity index (χ0v) is 16.9. The van der Waals surface area contributed by atoms with Gasteiger partial charge in [-0.3, -0.25) is 0 Å². The summed E-state index contributed by atoms with van der Waals surface area (Å²) in [6, 6.07) is 0.705. The fraction of sp³-hybridized carbons (Fsp3) is 1.00. The maximum atomic E-state index is 9.81. The summed E-state index contributed by atoms with van der Waals surface area (Å²) in [6.45, 7) is 12.7. The van der Waals surface area contributed by atoms with Gasteiger partial charge in [-0.05, 0) is 41.0 Å². The molecule has 0 radical (unpaired) electrons. The van der Waals surface area contributed by atoms with E-state index in [1.165, 1.54) is 0 Å². The van der Waals surface area contributed by atoms with Crippen LogP contribution < -0.4 is 0 Å². The first-order chi connectivity index (χ1) is 11.5. The van der Waals surface area contributed by atoms with Crippen LogP contribution in [-0.4, -0.2) is 72.6 Å². The van der Waals surface area contributed by atoms with Crippen molar-refractivity contribution < 1.29 is 32.6 Å². The second-order valence-electron chi connectivity index (χ2n) is 5.17. The molecular weight excluding hydrogens is 332 g/mol. The molecule has 0 spiro atoms. The van der Waals surface area contributed by atoms with Crippen LogP contribution in [0.5, 0.6) is 0 Å². The molecule has 0 aromatic carbocycles. The Morgan fingerprint density at radius 3 is 1.92 bits per heavy atom. The summed E-state index contributed by atoms with van der Waals surface area (Å²) in [7, 11) is -2.60. The highest BCUT2D eigenvalue weighted by Crippen LogP contribution is 2.18. The van der Waals surface area contributed by atoms with Gasteiger partial charge in [0.15, 0.2) is 6.29 Å². The van der Waals surface area contributed by atoms with Gasteiger partial charge >= 0.3 is 8.80 Å². The quantitative estimate of drug-likeness (QED) is 0.240. The minimum atomic E-state index is -2.60. The van der Waals surface area contributed by atoms with E-state index < -0.39 is 14.9 Å². The van der Waals surface area contributed by atoms with E-state index in [1.807, 2.05) is 27.7 Å². The lowest BCUT2D eigenvalue weighted by atomic mass is 10.4. The highest BCUT2D eigenvalue weighted by atomic mass is 28.4. The maximum Gasteiger partial charge on any atom is 0.501 e. The van der Waals surface area contributed by atoms with Gasteiger partial charge in [0.1, 0.15) is 6.10 Å². The van der Waals surface area contributed by atoms with Gasteiger partial charge in [0.05, 0.1) is 13.2 Å². The summed E-state index contributed by atoms with van der Waals surface area (Å²) in [6.07, 6.45) is -0.227. The summed E-state index contributed by atoms with van der Waals surface area (Å²) in [5.41, 5.74) is 0. The largest absolute Gasteiger partial charge is 0.501 e. The number of ether oxygens (including phenoxy) is 3. The lowest BCUT2D eigenvalue weighted by Gasteiger charge is -2.28. The van der Waals surface area contributed by atoms with Gasteiger partial charge in [0, 0.05) is 39.1 Å². The second kappa shape index (κ2) is 15.2. The van der Waals surface area contributed by atoms with Gasteiger partial charge in [0.25, 0.3) is 0 Å². The van der Waals surface area contributed by atoms with Crippen LogP contribution in [0.15, 0.2) is 0 Å². The van der Waals surface area contributed by atoms with Crippen LogP contribution in [0, 0.1) is 0 Å². The summed E-state index contributed by atoms with van der Waals surface area (Å²) >= 11 is 0. The van der Waals surface area contributed by atoms with Crippen molar-refractivity contribution in [2.75, 3.05) is 46.2 Å². The first-order valence-electron chi connectivity index (χ1n) is 8.94. The third-order valence-electron chi connectivity index (χ3n) is 3.10. The summed E-state index contributed by atoms with van der Waals surface area (Å²) in [5.74, 6) is 0. The maximum absolute atomic E-state index is 9.81. The normalized spacial score (nSPS) is 14.8. The lowest BCUT2D eigenvalue weighted by molar-refractivity contribution is -0.149. The molecule has 0 rings (SSSR count). The van der Waals surface area contributed by atoms with Crippen molar-refractivity contribution in [1.82, 2.24) is 0 Å². The molecular formula is C16H36O7Si. The van der Waals surface area contributed by atoms with Crippen LogP contribution >= 0.6 is 0 Å². The van der Waals surface area contributed by atoms with Crippen molar-refractivity contribution in [3.63, 3.8) is 0 Å². The predicted octanol–water partition coefficient (Wildman–Crippen LogP) is 2.20. The molecule has 0 aromatic rings.